The van der Waals surface area contributed by atoms with Crippen molar-refractivity contribution in [3.8, 4) is 11.5 Å². The minimum absolute atomic E-state index is 0.164. The van der Waals surface area contributed by atoms with Crippen LogP contribution in [0.3, 0.4) is 0 Å². The molecule has 1 atom stereocenters. The summed E-state index contributed by atoms with van der Waals surface area (Å²) in [5.41, 5.74) is 0.641. The zero-order valence-corrected chi connectivity index (χ0v) is 23.0. The number of hydrogen-bond acceptors (Lipinski definition) is 6. The van der Waals surface area contributed by atoms with Crippen LogP contribution >= 0.6 is 0 Å². The Morgan fingerprint density at radius 1 is 1.00 bits per heavy atom. The average Bonchev–Trinajstić information content (AvgIpc) is 2.86. The molecular weight excluding hydrogens is 494 g/mol. The van der Waals surface area contributed by atoms with Gasteiger partial charge in [-0.05, 0) is 51.8 Å². The molecule has 0 saturated carbocycles. The lowest BCUT2D eigenvalue weighted by Gasteiger charge is -2.34. The van der Waals surface area contributed by atoms with Crippen LogP contribution in [0.4, 0.5) is 5.69 Å². The van der Waals surface area contributed by atoms with Crippen molar-refractivity contribution in [1.29, 1.82) is 0 Å². The molecule has 1 N–H and O–H groups in total. The summed E-state index contributed by atoms with van der Waals surface area (Å²) in [6, 6.07) is 13.4. The summed E-state index contributed by atoms with van der Waals surface area (Å²) in [4.78, 5) is 28.5. The molecule has 2 aromatic rings. The lowest BCUT2D eigenvalue weighted by atomic mass is 10.1. The minimum Gasteiger partial charge on any atom is -0.486 e. The molecule has 0 fully saturated rings. The summed E-state index contributed by atoms with van der Waals surface area (Å²) in [5.74, 6) is -0.0274. The highest BCUT2D eigenvalue weighted by molar-refractivity contribution is 7.92. The minimum atomic E-state index is -3.83. The summed E-state index contributed by atoms with van der Waals surface area (Å²) < 4.78 is 38.6. The van der Waals surface area contributed by atoms with Crippen molar-refractivity contribution >= 4 is 27.5 Å². The Kier molecular flexibility index (Phi) is 9.07. The molecule has 0 spiro atoms. The average molecular weight is 532 g/mol. The topological polar surface area (TPSA) is 105 Å². The van der Waals surface area contributed by atoms with Gasteiger partial charge in [-0.1, -0.05) is 37.3 Å². The summed E-state index contributed by atoms with van der Waals surface area (Å²) >= 11 is 0. The zero-order valence-electron chi connectivity index (χ0n) is 22.2. The molecule has 9 nitrogen and oxygen atoms in total. The molecule has 202 valence electrons. The third kappa shape index (κ3) is 7.38. The van der Waals surface area contributed by atoms with Gasteiger partial charge in [0.05, 0.1) is 11.4 Å². The molecule has 0 saturated heterocycles. The number of amides is 2. The summed E-state index contributed by atoms with van der Waals surface area (Å²) in [6.07, 6.45) is 0.366. The van der Waals surface area contributed by atoms with Crippen LogP contribution in [0.2, 0.25) is 0 Å². The Morgan fingerprint density at radius 3 is 2.24 bits per heavy atom. The maximum Gasteiger partial charge on any atom is 0.244 e. The van der Waals surface area contributed by atoms with Crippen molar-refractivity contribution in [2.75, 3.05) is 29.8 Å². The van der Waals surface area contributed by atoms with Crippen molar-refractivity contribution in [2.45, 2.75) is 59.2 Å². The number of nitrogens with zero attached hydrogens (tertiary/aromatic N) is 2. The monoisotopic (exact) mass is 531 g/mol. The molecule has 2 amide bonds. The lowest BCUT2D eigenvalue weighted by Crippen LogP contribution is -2.55. The first-order chi connectivity index (χ1) is 17.4. The van der Waals surface area contributed by atoms with E-state index in [0.717, 1.165) is 9.87 Å². The summed E-state index contributed by atoms with van der Waals surface area (Å²) in [5, 5.41) is 2.96. The van der Waals surface area contributed by atoms with Crippen LogP contribution in [0.25, 0.3) is 0 Å². The number of ether oxygens (including phenoxy) is 2. The fraction of sp³-hybridized carbons (Fsp3) is 0.481. The van der Waals surface area contributed by atoms with E-state index in [1.165, 1.54) is 11.8 Å². The van der Waals surface area contributed by atoms with Crippen LogP contribution in [0.1, 0.15) is 46.6 Å². The maximum atomic E-state index is 13.8. The Bertz CT molecular complexity index is 1190. The largest absolute Gasteiger partial charge is 0.486 e. The van der Waals surface area contributed by atoms with Crippen molar-refractivity contribution in [1.82, 2.24) is 10.2 Å². The second-order valence-corrected chi connectivity index (χ2v) is 12.1. The highest BCUT2D eigenvalue weighted by Crippen LogP contribution is 2.35. The van der Waals surface area contributed by atoms with Crippen LogP contribution in [0, 0.1) is 0 Å². The van der Waals surface area contributed by atoms with E-state index in [9.17, 15) is 18.0 Å². The van der Waals surface area contributed by atoms with E-state index in [-0.39, 0.29) is 18.2 Å². The van der Waals surface area contributed by atoms with E-state index >= 15 is 0 Å². The van der Waals surface area contributed by atoms with Gasteiger partial charge in [-0.25, -0.2) is 8.42 Å². The molecule has 0 bridgehead atoms. The van der Waals surface area contributed by atoms with Gasteiger partial charge in [0.25, 0.3) is 0 Å². The van der Waals surface area contributed by atoms with Crippen molar-refractivity contribution < 1.29 is 27.5 Å². The van der Waals surface area contributed by atoms with Crippen LogP contribution in [-0.2, 0) is 26.2 Å². The van der Waals surface area contributed by atoms with Crippen molar-refractivity contribution in [3.05, 3.63) is 54.1 Å². The van der Waals surface area contributed by atoms with E-state index < -0.39 is 34.1 Å². The molecular formula is C27H37N3O6S. The first-order valence-corrected chi connectivity index (χ1v) is 14.1. The smallest absolute Gasteiger partial charge is 0.244 e. The normalized spacial score (nSPS) is 14.0. The number of rotatable bonds is 10. The Balaban J connectivity index is 1.98. The molecule has 0 unspecified atom stereocenters. The van der Waals surface area contributed by atoms with Gasteiger partial charge in [0, 0.05) is 18.2 Å². The quantitative estimate of drug-likeness (QED) is 0.504. The van der Waals surface area contributed by atoms with Crippen LogP contribution < -0.4 is 19.1 Å². The number of anilines is 1. The highest BCUT2D eigenvalue weighted by Gasteiger charge is 2.34. The van der Waals surface area contributed by atoms with E-state index in [0.29, 0.717) is 36.8 Å². The first-order valence-electron chi connectivity index (χ1n) is 12.5. The second kappa shape index (κ2) is 11.9. The highest BCUT2D eigenvalue weighted by atomic mass is 32.2. The fourth-order valence-electron chi connectivity index (χ4n) is 4.06. The molecule has 0 radical (unpaired) electrons. The van der Waals surface area contributed by atoms with Gasteiger partial charge in [-0.2, -0.15) is 0 Å². The predicted octanol–water partition coefficient (Wildman–Crippen LogP) is 3.34. The molecule has 0 aliphatic carbocycles. The third-order valence-electron chi connectivity index (χ3n) is 5.87. The van der Waals surface area contributed by atoms with Gasteiger partial charge in [-0.3, -0.25) is 13.9 Å². The van der Waals surface area contributed by atoms with Gasteiger partial charge >= 0.3 is 0 Å². The summed E-state index contributed by atoms with van der Waals surface area (Å²) in [6.45, 7) is 9.44. The van der Waals surface area contributed by atoms with E-state index in [1.807, 2.05) is 58.0 Å². The fourth-order valence-corrected chi connectivity index (χ4v) is 5.11. The van der Waals surface area contributed by atoms with Gasteiger partial charge < -0.3 is 19.7 Å². The SMILES string of the molecule is CC[C@H](C(=O)NC(C)(C)C)N(Cc1ccccc1)C(=O)CN(c1ccc2c(c1)OCCO2)S(=O)(=O)CC. The van der Waals surface area contributed by atoms with E-state index in [1.54, 1.807) is 18.2 Å². The van der Waals surface area contributed by atoms with Crippen LogP contribution in [0.5, 0.6) is 11.5 Å². The van der Waals surface area contributed by atoms with Crippen LogP contribution in [0.15, 0.2) is 48.5 Å². The molecule has 0 aromatic heterocycles. The third-order valence-corrected chi connectivity index (χ3v) is 7.61. The van der Waals surface area contributed by atoms with Gasteiger partial charge in [-0.15, -0.1) is 0 Å². The standard InChI is InChI=1S/C27H37N3O6S/c1-6-22(26(32)28-27(3,4)5)29(18-20-11-9-8-10-12-20)25(31)19-30(37(33,34)7-2)21-13-14-23-24(17-21)36-16-15-35-23/h8-14,17,22H,6-7,15-16,18-19H2,1-5H3,(H,28,32)/t22-/m1/s1. The number of nitrogens with one attached hydrogen (secondary N) is 1. The number of sulfonamides is 1. The zero-order chi connectivity index (χ0) is 27.2. The van der Waals surface area contributed by atoms with E-state index in [2.05, 4.69) is 5.32 Å². The Morgan fingerprint density at radius 2 is 1.65 bits per heavy atom. The lowest BCUT2D eigenvalue weighted by molar-refractivity contribution is -0.141. The molecule has 37 heavy (non-hydrogen) atoms. The van der Waals surface area contributed by atoms with Gasteiger partial charge in [0.15, 0.2) is 11.5 Å². The first kappa shape index (κ1) is 28.3. The van der Waals surface area contributed by atoms with Crippen molar-refractivity contribution in [2.24, 2.45) is 0 Å². The van der Waals surface area contributed by atoms with Crippen LogP contribution in [-0.4, -0.2) is 62.2 Å². The molecule has 1 aliphatic rings. The molecule has 3 rings (SSSR count). The van der Waals surface area contributed by atoms with E-state index in [4.69, 9.17) is 9.47 Å². The summed E-state index contributed by atoms with van der Waals surface area (Å²) in [7, 11) is -3.83. The number of carbonyl (C=O) groups is 2. The Hall–Kier alpha value is -3.27. The number of carbonyl (C=O) groups excluding carboxylic acids is 2. The Labute approximate surface area is 219 Å². The molecule has 2 aromatic carbocycles. The van der Waals surface area contributed by atoms with Gasteiger partial charge in [0.1, 0.15) is 25.8 Å². The molecule has 1 aliphatic heterocycles. The second-order valence-electron chi connectivity index (χ2n) is 9.91. The maximum absolute atomic E-state index is 13.8. The number of benzene rings is 2. The number of fused-ring (bicyclic) bond motifs is 1. The van der Waals surface area contributed by atoms with Crippen molar-refractivity contribution in [3.63, 3.8) is 0 Å². The molecule has 1 heterocycles. The molecule has 10 heteroatoms. The van der Waals surface area contributed by atoms with Gasteiger partial charge in [0.2, 0.25) is 21.8 Å². The predicted molar refractivity (Wildman–Crippen MR) is 143 cm³/mol. The number of hydrogen-bond donors (Lipinski definition) is 1.